The number of hydrogen-bond donors (Lipinski definition) is 0. The van der Waals surface area contributed by atoms with Gasteiger partial charge in [0, 0.05) is 7.11 Å². The molecule has 1 nitrogen and oxygen atoms in total. The van der Waals surface area contributed by atoms with E-state index in [1.54, 1.807) is 7.11 Å². The van der Waals surface area contributed by atoms with Crippen molar-refractivity contribution >= 4 is 10.8 Å². The largest absolute Gasteiger partial charge is 0.380 e. The van der Waals surface area contributed by atoms with Gasteiger partial charge in [0.1, 0.15) is 0 Å². The predicted molar refractivity (Wildman–Crippen MR) is 64.0 cm³/mol. The van der Waals surface area contributed by atoms with Crippen LogP contribution in [-0.4, -0.2) is 7.11 Å². The van der Waals surface area contributed by atoms with Gasteiger partial charge in [-0.1, -0.05) is 43.3 Å². The summed E-state index contributed by atoms with van der Waals surface area (Å²) in [6, 6.07) is 12.9. The molecule has 0 spiro atoms. The average Bonchev–Trinajstić information content (AvgIpc) is 2.29. The highest BCUT2D eigenvalue weighted by Gasteiger charge is 2.04. The first-order valence-corrected chi connectivity index (χ1v) is 5.35. The van der Waals surface area contributed by atoms with Crippen LogP contribution in [0.15, 0.2) is 36.4 Å². The molecule has 0 aromatic heterocycles. The van der Waals surface area contributed by atoms with Gasteiger partial charge >= 0.3 is 0 Å². The summed E-state index contributed by atoms with van der Waals surface area (Å²) < 4.78 is 5.24. The fourth-order valence-electron chi connectivity index (χ4n) is 2.07. The lowest BCUT2D eigenvalue weighted by molar-refractivity contribution is 0.186. The van der Waals surface area contributed by atoms with Crippen molar-refractivity contribution in [3.63, 3.8) is 0 Å². The number of hydrogen-bond acceptors (Lipinski definition) is 1. The van der Waals surface area contributed by atoms with Gasteiger partial charge in [0.2, 0.25) is 0 Å². The highest BCUT2D eigenvalue weighted by molar-refractivity contribution is 5.88. The van der Waals surface area contributed by atoms with E-state index in [1.165, 1.54) is 21.9 Å². The number of benzene rings is 2. The van der Waals surface area contributed by atoms with E-state index in [0.717, 1.165) is 6.42 Å². The molecule has 0 bridgehead atoms. The first-order chi connectivity index (χ1) is 7.36. The number of rotatable bonds is 3. The zero-order valence-electron chi connectivity index (χ0n) is 9.29. The first kappa shape index (κ1) is 10.2. The molecule has 2 aromatic carbocycles. The van der Waals surface area contributed by atoms with Crippen LogP contribution in [0.3, 0.4) is 0 Å². The second-order valence-electron chi connectivity index (χ2n) is 3.72. The molecule has 0 aliphatic carbocycles. The van der Waals surface area contributed by atoms with Gasteiger partial charge in [-0.3, -0.25) is 0 Å². The van der Waals surface area contributed by atoms with Crippen LogP contribution in [-0.2, 0) is 17.8 Å². The molecule has 0 aliphatic rings. The summed E-state index contributed by atoms with van der Waals surface area (Å²) in [5.41, 5.74) is 2.69. The van der Waals surface area contributed by atoms with E-state index in [9.17, 15) is 0 Å². The molecule has 0 N–H and O–H groups in total. The minimum absolute atomic E-state index is 0.689. The smallest absolute Gasteiger partial charge is 0.0719 e. The Hall–Kier alpha value is -1.34. The lowest BCUT2D eigenvalue weighted by Gasteiger charge is -2.09. The molecular formula is C14H16O. The normalized spacial score (nSPS) is 10.8. The maximum absolute atomic E-state index is 5.24. The third-order valence-electron chi connectivity index (χ3n) is 2.76. The Labute approximate surface area is 90.7 Å². The quantitative estimate of drug-likeness (QED) is 0.736. The third kappa shape index (κ3) is 1.88. The second-order valence-corrected chi connectivity index (χ2v) is 3.72. The topological polar surface area (TPSA) is 9.23 Å². The Morgan fingerprint density at radius 3 is 2.27 bits per heavy atom. The number of methoxy groups -OCH3 is 1. The van der Waals surface area contributed by atoms with E-state index in [4.69, 9.17) is 4.74 Å². The Bertz CT molecular complexity index is 455. The van der Waals surface area contributed by atoms with Gasteiger partial charge in [0.15, 0.2) is 0 Å². The van der Waals surface area contributed by atoms with Crippen molar-refractivity contribution in [1.82, 2.24) is 0 Å². The van der Waals surface area contributed by atoms with E-state index in [2.05, 4.69) is 43.3 Å². The molecule has 0 radical (unpaired) electrons. The molecule has 15 heavy (non-hydrogen) atoms. The molecule has 2 rings (SSSR count). The Balaban J connectivity index is 2.69. The molecular weight excluding hydrogens is 184 g/mol. The van der Waals surface area contributed by atoms with Crippen LogP contribution >= 0.6 is 0 Å². The van der Waals surface area contributed by atoms with Crippen LogP contribution in [0.2, 0.25) is 0 Å². The van der Waals surface area contributed by atoms with Crippen LogP contribution in [0, 0.1) is 0 Å². The van der Waals surface area contributed by atoms with Crippen LogP contribution in [0.4, 0.5) is 0 Å². The van der Waals surface area contributed by atoms with Gasteiger partial charge in [0.25, 0.3) is 0 Å². The fraction of sp³-hybridized carbons (Fsp3) is 0.286. The molecule has 78 valence electrons. The van der Waals surface area contributed by atoms with Crippen molar-refractivity contribution in [1.29, 1.82) is 0 Å². The highest BCUT2D eigenvalue weighted by Crippen LogP contribution is 2.24. The number of fused-ring (bicyclic) bond motifs is 1. The predicted octanol–water partition coefficient (Wildman–Crippen LogP) is 3.55. The van der Waals surface area contributed by atoms with Gasteiger partial charge in [-0.05, 0) is 28.3 Å². The van der Waals surface area contributed by atoms with Gasteiger partial charge in [0.05, 0.1) is 6.61 Å². The third-order valence-corrected chi connectivity index (χ3v) is 2.76. The van der Waals surface area contributed by atoms with Crippen molar-refractivity contribution in [2.24, 2.45) is 0 Å². The summed E-state index contributed by atoms with van der Waals surface area (Å²) in [6.07, 6.45) is 1.07. The summed E-state index contributed by atoms with van der Waals surface area (Å²) >= 11 is 0. The molecule has 0 fully saturated rings. The SMILES string of the molecule is CCc1cccc2cccc(COC)c12. The van der Waals surface area contributed by atoms with Crippen LogP contribution in [0.1, 0.15) is 18.1 Å². The zero-order chi connectivity index (χ0) is 10.7. The Morgan fingerprint density at radius 2 is 1.67 bits per heavy atom. The van der Waals surface area contributed by atoms with E-state index in [0.29, 0.717) is 6.61 Å². The Kier molecular flexibility index (Phi) is 3.02. The standard InChI is InChI=1S/C14H16O/c1-3-11-6-4-7-12-8-5-9-13(10-15-2)14(11)12/h4-9H,3,10H2,1-2H3. The zero-order valence-corrected chi connectivity index (χ0v) is 9.29. The van der Waals surface area contributed by atoms with Crippen molar-refractivity contribution in [2.75, 3.05) is 7.11 Å². The minimum atomic E-state index is 0.689. The molecule has 0 unspecified atom stereocenters. The minimum Gasteiger partial charge on any atom is -0.380 e. The van der Waals surface area contributed by atoms with Gasteiger partial charge in [-0.15, -0.1) is 0 Å². The van der Waals surface area contributed by atoms with E-state index < -0.39 is 0 Å². The molecule has 0 aliphatic heterocycles. The summed E-state index contributed by atoms with van der Waals surface area (Å²) in [7, 11) is 1.74. The maximum Gasteiger partial charge on any atom is 0.0719 e. The average molecular weight is 200 g/mol. The molecule has 0 saturated heterocycles. The van der Waals surface area contributed by atoms with Crippen molar-refractivity contribution in [2.45, 2.75) is 20.0 Å². The van der Waals surface area contributed by atoms with E-state index in [-0.39, 0.29) is 0 Å². The molecule has 0 saturated carbocycles. The van der Waals surface area contributed by atoms with Crippen LogP contribution in [0.5, 0.6) is 0 Å². The summed E-state index contributed by atoms with van der Waals surface area (Å²) in [6.45, 7) is 2.88. The molecule has 0 atom stereocenters. The van der Waals surface area contributed by atoms with Crippen molar-refractivity contribution in [3.8, 4) is 0 Å². The van der Waals surface area contributed by atoms with Crippen molar-refractivity contribution in [3.05, 3.63) is 47.5 Å². The summed E-state index contributed by atoms with van der Waals surface area (Å²) in [4.78, 5) is 0. The molecule has 0 amide bonds. The van der Waals surface area contributed by atoms with E-state index in [1.807, 2.05) is 0 Å². The molecule has 2 aromatic rings. The summed E-state index contributed by atoms with van der Waals surface area (Å²) in [5.74, 6) is 0. The lowest BCUT2D eigenvalue weighted by Crippen LogP contribution is -1.92. The fourth-order valence-corrected chi connectivity index (χ4v) is 2.07. The lowest BCUT2D eigenvalue weighted by atomic mass is 9.98. The maximum atomic E-state index is 5.24. The first-order valence-electron chi connectivity index (χ1n) is 5.35. The van der Waals surface area contributed by atoms with Gasteiger partial charge in [-0.25, -0.2) is 0 Å². The second kappa shape index (κ2) is 4.45. The van der Waals surface area contributed by atoms with Gasteiger partial charge < -0.3 is 4.74 Å². The summed E-state index contributed by atoms with van der Waals surface area (Å²) in [5, 5.41) is 2.67. The Morgan fingerprint density at radius 1 is 1.00 bits per heavy atom. The van der Waals surface area contributed by atoms with Crippen molar-refractivity contribution < 1.29 is 4.74 Å². The number of ether oxygens (including phenoxy) is 1. The van der Waals surface area contributed by atoms with Crippen LogP contribution in [0.25, 0.3) is 10.8 Å². The number of aryl methyl sites for hydroxylation is 1. The van der Waals surface area contributed by atoms with Gasteiger partial charge in [-0.2, -0.15) is 0 Å². The monoisotopic (exact) mass is 200 g/mol. The van der Waals surface area contributed by atoms with Crippen LogP contribution < -0.4 is 0 Å². The molecule has 0 heterocycles. The highest BCUT2D eigenvalue weighted by atomic mass is 16.5. The molecule has 1 heteroatoms. The van der Waals surface area contributed by atoms with E-state index >= 15 is 0 Å².